The Morgan fingerprint density at radius 2 is 0.690 bits per heavy atom. The Hall–Kier alpha value is -6.76. The molecule has 10 aromatic rings. The minimum atomic E-state index is -0.179. The topological polar surface area (TPSA) is 0 Å². The van der Waals surface area contributed by atoms with Crippen LogP contribution in [0.25, 0.3) is 98.7 Å². The molecule has 0 N–H and O–H groups in total. The van der Waals surface area contributed by atoms with Crippen LogP contribution in [0.5, 0.6) is 0 Å². The van der Waals surface area contributed by atoms with Crippen molar-refractivity contribution < 1.29 is 0 Å². The van der Waals surface area contributed by atoms with Crippen molar-refractivity contribution in [3.05, 3.63) is 204 Å². The summed E-state index contributed by atoms with van der Waals surface area (Å²) < 4.78 is 0. The van der Waals surface area contributed by atoms with E-state index >= 15 is 0 Å². The van der Waals surface area contributed by atoms with Crippen molar-refractivity contribution in [1.29, 1.82) is 0 Å². The van der Waals surface area contributed by atoms with Gasteiger partial charge in [0, 0.05) is 10.8 Å². The fourth-order valence-corrected chi connectivity index (χ4v) is 11.3. The molecule has 0 unspecified atom stereocenters. The van der Waals surface area contributed by atoms with Crippen LogP contribution < -0.4 is 0 Å². The highest BCUT2D eigenvalue weighted by Gasteiger charge is 2.40. The molecule has 0 heteroatoms. The summed E-state index contributed by atoms with van der Waals surface area (Å²) in [4.78, 5) is 0. The molecule has 0 bridgehead atoms. The van der Waals surface area contributed by atoms with Crippen molar-refractivity contribution in [3.63, 3.8) is 0 Å². The molecule has 12 rings (SSSR count). The molecule has 0 amide bonds. The number of fused-ring (bicyclic) bond motifs is 13. The van der Waals surface area contributed by atoms with E-state index in [0.717, 1.165) is 0 Å². The molecular weight excluding hydrogens is 697 g/mol. The number of rotatable bonds is 3. The van der Waals surface area contributed by atoms with E-state index in [1.807, 2.05) is 0 Å². The Balaban J connectivity index is 1.02. The molecule has 10 aromatic carbocycles. The van der Waals surface area contributed by atoms with Crippen LogP contribution in [0.2, 0.25) is 0 Å². The third-order valence-corrected chi connectivity index (χ3v) is 13.8. The molecular formula is C58H42. The first-order chi connectivity index (χ1) is 28.3. The zero-order chi connectivity index (χ0) is 38.9. The van der Waals surface area contributed by atoms with Gasteiger partial charge in [-0.2, -0.15) is 0 Å². The van der Waals surface area contributed by atoms with E-state index in [-0.39, 0.29) is 10.8 Å². The third-order valence-electron chi connectivity index (χ3n) is 13.8. The fraction of sp³-hybridized carbons (Fsp3) is 0.103. The van der Waals surface area contributed by atoms with Gasteiger partial charge in [0.25, 0.3) is 0 Å². The van der Waals surface area contributed by atoms with E-state index in [1.54, 1.807) is 0 Å². The van der Waals surface area contributed by atoms with Crippen LogP contribution >= 0.6 is 0 Å². The van der Waals surface area contributed by atoms with Gasteiger partial charge in [-0.15, -0.1) is 0 Å². The van der Waals surface area contributed by atoms with E-state index in [1.165, 1.54) is 121 Å². The van der Waals surface area contributed by atoms with Gasteiger partial charge in [0.2, 0.25) is 0 Å². The summed E-state index contributed by atoms with van der Waals surface area (Å²) in [6.45, 7) is 9.60. The quantitative estimate of drug-likeness (QED) is 0.125. The molecule has 2 aliphatic rings. The SMILES string of the molecule is CC1(C)c2ccccc2-c2ccc(-c3c4ccccc4c(-c4ccc(-c5cccc6c5C(C)(C)c5c-6c6ccccc6c6ccccc56)cc4)c4ccccc34)cc21. The zero-order valence-electron chi connectivity index (χ0n) is 33.3. The van der Waals surface area contributed by atoms with E-state index in [0.29, 0.717) is 0 Å². The lowest BCUT2D eigenvalue weighted by atomic mass is 9.76. The molecule has 0 radical (unpaired) electrons. The first-order valence-electron chi connectivity index (χ1n) is 20.7. The number of hydrogen-bond donors (Lipinski definition) is 0. The van der Waals surface area contributed by atoms with Crippen LogP contribution in [0.1, 0.15) is 49.9 Å². The molecule has 0 aliphatic heterocycles. The molecule has 58 heavy (non-hydrogen) atoms. The maximum absolute atomic E-state index is 2.47. The maximum Gasteiger partial charge on any atom is 0.0171 e. The first-order valence-corrected chi connectivity index (χ1v) is 20.7. The van der Waals surface area contributed by atoms with E-state index in [9.17, 15) is 0 Å². The van der Waals surface area contributed by atoms with Crippen molar-refractivity contribution >= 4 is 43.1 Å². The average molecular weight is 739 g/mol. The summed E-state index contributed by atoms with van der Waals surface area (Å²) in [7, 11) is 0. The van der Waals surface area contributed by atoms with Gasteiger partial charge >= 0.3 is 0 Å². The molecule has 0 aromatic heterocycles. The Bertz CT molecular complexity index is 3320. The summed E-state index contributed by atoms with van der Waals surface area (Å²) >= 11 is 0. The van der Waals surface area contributed by atoms with Gasteiger partial charge in [0.15, 0.2) is 0 Å². The third kappa shape index (κ3) is 4.41. The normalized spacial score (nSPS) is 14.5. The molecule has 0 spiro atoms. The minimum Gasteiger partial charge on any atom is -0.0619 e. The molecule has 0 saturated carbocycles. The van der Waals surface area contributed by atoms with Crippen LogP contribution in [0.15, 0.2) is 182 Å². The van der Waals surface area contributed by atoms with Crippen molar-refractivity contribution in [2.45, 2.75) is 38.5 Å². The highest BCUT2D eigenvalue weighted by molar-refractivity contribution is 6.22. The highest BCUT2D eigenvalue weighted by Crippen LogP contribution is 2.57. The Labute approximate surface area is 340 Å². The first kappa shape index (κ1) is 33.4. The van der Waals surface area contributed by atoms with Crippen molar-refractivity contribution in [1.82, 2.24) is 0 Å². The largest absolute Gasteiger partial charge is 0.0619 e. The van der Waals surface area contributed by atoms with Crippen LogP contribution in [0.4, 0.5) is 0 Å². The van der Waals surface area contributed by atoms with Gasteiger partial charge in [-0.3, -0.25) is 0 Å². The van der Waals surface area contributed by atoms with Gasteiger partial charge in [-0.25, -0.2) is 0 Å². The second-order valence-electron chi connectivity index (χ2n) is 17.5. The Morgan fingerprint density at radius 1 is 0.259 bits per heavy atom. The molecule has 0 heterocycles. The van der Waals surface area contributed by atoms with Gasteiger partial charge < -0.3 is 0 Å². The second kappa shape index (κ2) is 11.9. The van der Waals surface area contributed by atoms with Crippen LogP contribution in [0.3, 0.4) is 0 Å². The molecule has 0 fully saturated rings. The Kier molecular flexibility index (Phi) is 6.84. The van der Waals surface area contributed by atoms with Crippen LogP contribution in [0, 0.1) is 0 Å². The van der Waals surface area contributed by atoms with Crippen LogP contribution in [-0.4, -0.2) is 0 Å². The molecule has 274 valence electrons. The molecule has 0 atom stereocenters. The van der Waals surface area contributed by atoms with Gasteiger partial charge in [-0.05, 0) is 127 Å². The summed E-state index contributed by atoms with van der Waals surface area (Å²) in [5, 5.41) is 10.5. The Morgan fingerprint density at radius 3 is 1.33 bits per heavy atom. The van der Waals surface area contributed by atoms with Crippen molar-refractivity contribution in [3.8, 4) is 55.6 Å². The number of hydrogen-bond acceptors (Lipinski definition) is 0. The highest BCUT2D eigenvalue weighted by atomic mass is 14.4. The zero-order valence-corrected chi connectivity index (χ0v) is 33.3. The van der Waals surface area contributed by atoms with E-state index in [2.05, 4.69) is 210 Å². The fourth-order valence-electron chi connectivity index (χ4n) is 11.3. The predicted octanol–water partition coefficient (Wildman–Crippen LogP) is 15.9. The molecule has 2 aliphatic carbocycles. The van der Waals surface area contributed by atoms with E-state index < -0.39 is 0 Å². The van der Waals surface area contributed by atoms with E-state index in [4.69, 9.17) is 0 Å². The smallest absolute Gasteiger partial charge is 0.0171 e. The lowest BCUT2D eigenvalue weighted by molar-refractivity contribution is 0.660. The second-order valence-corrected chi connectivity index (χ2v) is 17.5. The monoisotopic (exact) mass is 738 g/mol. The van der Waals surface area contributed by atoms with Gasteiger partial charge in [0.05, 0.1) is 0 Å². The van der Waals surface area contributed by atoms with Gasteiger partial charge in [-0.1, -0.05) is 204 Å². The van der Waals surface area contributed by atoms with Crippen molar-refractivity contribution in [2.24, 2.45) is 0 Å². The predicted molar refractivity (Wildman–Crippen MR) is 248 cm³/mol. The average Bonchev–Trinajstić information content (AvgIpc) is 3.65. The number of benzene rings is 10. The summed E-state index contributed by atoms with van der Waals surface area (Å²) in [5.41, 5.74) is 18.6. The lowest BCUT2D eigenvalue weighted by Crippen LogP contribution is -2.17. The van der Waals surface area contributed by atoms with Crippen LogP contribution in [-0.2, 0) is 10.8 Å². The summed E-state index contributed by atoms with van der Waals surface area (Å²) in [6, 6.07) is 68.5. The lowest BCUT2D eigenvalue weighted by Gasteiger charge is -2.26. The van der Waals surface area contributed by atoms with Crippen molar-refractivity contribution in [2.75, 3.05) is 0 Å². The van der Waals surface area contributed by atoms with Gasteiger partial charge in [0.1, 0.15) is 0 Å². The molecule has 0 saturated heterocycles. The standard InChI is InChI=1S/C58H42/c1-57(2)50-27-14-13-18-41(50)42-33-32-37(34-51(42)57)53-46-22-10-8-20-44(46)52(45-21-9-11-23-47(45)53)36-30-28-35(29-31-36)38-25-15-26-49-54-43-19-7-5-16-39(43)40-17-6-12-24-48(40)56(54)58(3,4)55(38)49/h5-34H,1-4H3. The summed E-state index contributed by atoms with van der Waals surface area (Å²) in [5.74, 6) is 0. The molecule has 0 nitrogen and oxygen atoms in total. The summed E-state index contributed by atoms with van der Waals surface area (Å²) in [6.07, 6.45) is 0. The maximum atomic E-state index is 2.47. The minimum absolute atomic E-state index is 0.0618.